The Morgan fingerprint density at radius 3 is 2.82 bits per heavy atom. The molecular formula is C13H17N3S. The van der Waals surface area contributed by atoms with Gasteiger partial charge in [0.05, 0.1) is 10.7 Å². The van der Waals surface area contributed by atoms with Crippen LogP contribution in [0.4, 0.5) is 0 Å². The van der Waals surface area contributed by atoms with Crippen LogP contribution in [0.15, 0.2) is 29.9 Å². The van der Waals surface area contributed by atoms with Crippen LogP contribution in [0.5, 0.6) is 0 Å². The van der Waals surface area contributed by atoms with Crippen LogP contribution in [0.3, 0.4) is 0 Å². The molecule has 17 heavy (non-hydrogen) atoms. The van der Waals surface area contributed by atoms with Crippen molar-refractivity contribution in [2.75, 3.05) is 6.54 Å². The second-order valence-electron chi connectivity index (χ2n) is 3.87. The monoisotopic (exact) mass is 247 g/mol. The predicted molar refractivity (Wildman–Crippen MR) is 71.1 cm³/mol. The molecule has 2 heterocycles. The van der Waals surface area contributed by atoms with E-state index in [1.807, 2.05) is 12.4 Å². The largest absolute Gasteiger partial charge is 0.311 e. The first kappa shape index (κ1) is 12.2. The molecular weight excluding hydrogens is 230 g/mol. The van der Waals surface area contributed by atoms with E-state index in [9.17, 15) is 0 Å². The minimum Gasteiger partial charge on any atom is -0.311 e. The number of rotatable bonds is 6. The highest BCUT2D eigenvalue weighted by molar-refractivity contribution is 7.09. The van der Waals surface area contributed by atoms with Crippen LogP contribution in [0.1, 0.15) is 23.2 Å². The molecule has 0 spiro atoms. The van der Waals surface area contributed by atoms with Gasteiger partial charge in [-0.2, -0.15) is 0 Å². The van der Waals surface area contributed by atoms with E-state index in [0.717, 1.165) is 31.6 Å². The van der Waals surface area contributed by atoms with Gasteiger partial charge >= 0.3 is 0 Å². The second kappa shape index (κ2) is 6.47. The fourth-order valence-corrected chi connectivity index (χ4v) is 2.34. The van der Waals surface area contributed by atoms with Crippen molar-refractivity contribution in [3.63, 3.8) is 0 Å². The van der Waals surface area contributed by atoms with E-state index in [-0.39, 0.29) is 0 Å². The number of thiazole rings is 1. The third-order valence-corrected chi connectivity index (χ3v) is 3.59. The van der Waals surface area contributed by atoms with Crippen LogP contribution in [-0.4, -0.2) is 16.5 Å². The van der Waals surface area contributed by atoms with E-state index >= 15 is 0 Å². The normalized spacial score (nSPS) is 10.6. The first-order chi connectivity index (χ1) is 8.38. The molecule has 0 bridgehead atoms. The van der Waals surface area contributed by atoms with E-state index in [0.29, 0.717) is 0 Å². The first-order valence-corrected chi connectivity index (χ1v) is 6.79. The third-order valence-electron chi connectivity index (χ3n) is 2.55. The van der Waals surface area contributed by atoms with Crippen molar-refractivity contribution in [1.82, 2.24) is 15.3 Å². The first-order valence-electron chi connectivity index (χ1n) is 5.91. The maximum atomic E-state index is 4.52. The highest BCUT2D eigenvalue weighted by atomic mass is 32.1. The summed E-state index contributed by atoms with van der Waals surface area (Å²) in [5.41, 5.74) is 2.47. The van der Waals surface area contributed by atoms with Gasteiger partial charge in [-0.25, -0.2) is 4.98 Å². The molecule has 0 aliphatic rings. The van der Waals surface area contributed by atoms with Crippen LogP contribution in [0, 0.1) is 0 Å². The van der Waals surface area contributed by atoms with E-state index < -0.39 is 0 Å². The van der Waals surface area contributed by atoms with Crippen molar-refractivity contribution < 1.29 is 0 Å². The molecule has 0 radical (unpaired) electrons. The highest BCUT2D eigenvalue weighted by Crippen LogP contribution is 2.09. The van der Waals surface area contributed by atoms with Gasteiger partial charge in [0.15, 0.2) is 0 Å². The number of hydrogen-bond donors (Lipinski definition) is 1. The van der Waals surface area contributed by atoms with Crippen LogP contribution in [0.2, 0.25) is 0 Å². The van der Waals surface area contributed by atoms with Crippen LogP contribution in [0.25, 0.3) is 0 Å². The summed E-state index contributed by atoms with van der Waals surface area (Å²) in [5.74, 6) is 0. The predicted octanol–water partition coefficient (Wildman–Crippen LogP) is 2.43. The summed E-state index contributed by atoms with van der Waals surface area (Å²) >= 11 is 1.74. The summed E-state index contributed by atoms with van der Waals surface area (Å²) in [4.78, 5) is 8.52. The van der Waals surface area contributed by atoms with E-state index in [1.165, 1.54) is 10.6 Å². The van der Waals surface area contributed by atoms with Gasteiger partial charge in [-0.05, 0) is 37.1 Å². The van der Waals surface area contributed by atoms with Gasteiger partial charge in [0.25, 0.3) is 0 Å². The molecule has 0 amide bonds. The molecule has 0 saturated carbocycles. The Morgan fingerprint density at radius 1 is 1.29 bits per heavy atom. The van der Waals surface area contributed by atoms with Gasteiger partial charge in [0.1, 0.15) is 0 Å². The molecule has 2 aromatic heterocycles. The molecule has 0 atom stereocenters. The van der Waals surface area contributed by atoms with Gasteiger partial charge < -0.3 is 5.32 Å². The summed E-state index contributed by atoms with van der Waals surface area (Å²) in [5, 5.41) is 6.77. The number of aryl methyl sites for hydroxylation is 1. The Balaban J connectivity index is 1.69. The number of hydrogen-bond acceptors (Lipinski definition) is 4. The van der Waals surface area contributed by atoms with E-state index in [1.54, 1.807) is 11.3 Å². The molecule has 1 N–H and O–H groups in total. The summed E-state index contributed by atoms with van der Waals surface area (Å²) < 4.78 is 0. The molecule has 4 heteroatoms. The number of nitrogens with one attached hydrogen (secondary N) is 1. The zero-order valence-electron chi connectivity index (χ0n) is 10.0. The minimum absolute atomic E-state index is 0.863. The molecule has 3 nitrogen and oxygen atoms in total. The average molecular weight is 247 g/mol. The van der Waals surface area contributed by atoms with E-state index in [2.05, 4.69) is 39.7 Å². The van der Waals surface area contributed by atoms with E-state index in [4.69, 9.17) is 0 Å². The summed E-state index contributed by atoms with van der Waals surface area (Å²) in [6.45, 7) is 3.98. The van der Waals surface area contributed by atoms with Crippen molar-refractivity contribution in [2.45, 2.75) is 26.3 Å². The molecule has 0 unspecified atom stereocenters. The van der Waals surface area contributed by atoms with Gasteiger partial charge in [-0.15, -0.1) is 11.3 Å². The van der Waals surface area contributed by atoms with Crippen molar-refractivity contribution >= 4 is 11.3 Å². The maximum Gasteiger partial charge on any atom is 0.0926 e. The highest BCUT2D eigenvalue weighted by Gasteiger charge is 1.99. The average Bonchev–Trinajstić information content (AvgIpc) is 2.84. The molecule has 0 saturated heterocycles. The van der Waals surface area contributed by atoms with Crippen LogP contribution < -0.4 is 5.32 Å². The van der Waals surface area contributed by atoms with Crippen molar-refractivity contribution in [2.24, 2.45) is 0 Å². The number of pyridine rings is 1. The van der Waals surface area contributed by atoms with Gasteiger partial charge in [-0.1, -0.05) is 6.92 Å². The summed E-state index contributed by atoms with van der Waals surface area (Å²) in [7, 11) is 0. The lowest BCUT2D eigenvalue weighted by Gasteiger charge is -2.02. The zero-order valence-corrected chi connectivity index (χ0v) is 10.8. The maximum absolute atomic E-state index is 4.52. The molecule has 0 fully saturated rings. The smallest absolute Gasteiger partial charge is 0.0926 e. The summed E-state index contributed by atoms with van der Waals surface area (Å²) in [6, 6.07) is 4.11. The van der Waals surface area contributed by atoms with Gasteiger partial charge in [0, 0.05) is 24.3 Å². The van der Waals surface area contributed by atoms with Crippen molar-refractivity contribution in [1.29, 1.82) is 0 Å². The Kier molecular flexibility index (Phi) is 4.64. The lowest BCUT2D eigenvalue weighted by molar-refractivity contribution is 0.675. The molecule has 90 valence electrons. The van der Waals surface area contributed by atoms with Crippen LogP contribution >= 0.6 is 11.3 Å². The number of aromatic nitrogens is 2. The SMILES string of the molecule is CCc1nc(CNCCc2ccncc2)cs1. The van der Waals surface area contributed by atoms with Crippen molar-refractivity contribution in [3.8, 4) is 0 Å². The fraction of sp³-hybridized carbons (Fsp3) is 0.385. The molecule has 0 aliphatic heterocycles. The minimum atomic E-state index is 0.863. The molecule has 2 aromatic rings. The Bertz CT molecular complexity index is 439. The molecule has 0 aliphatic carbocycles. The Hall–Kier alpha value is -1.26. The lowest BCUT2D eigenvalue weighted by atomic mass is 10.2. The summed E-state index contributed by atoms with van der Waals surface area (Å²) in [6.07, 6.45) is 5.74. The van der Waals surface area contributed by atoms with Crippen molar-refractivity contribution in [3.05, 3.63) is 46.2 Å². The van der Waals surface area contributed by atoms with Gasteiger partial charge in [-0.3, -0.25) is 4.98 Å². The lowest BCUT2D eigenvalue weighted by Crippen LogP contribution is -2.16. The quantitative estimate of drug-likeness (QED) is 0.797. The standard InChI is InChI=1S/C13H17N3S/c1-2-13-16-12(10-17-13)9-15-8-5-11-3-6-14-7-4-11/h3-4,6-7,10,15H,2,5,8-9H2,1H3. The Morgan fingerprint density at radius 2 is 2.12 bits per heavy atom. The second-order valence-corrected chi connectivity index (χ2v) is 4.81. The van der Waals surface area contributed by atoms with Crippen LogP contribution in [-0.2, 0) is 19.4 Å². The van der Waals surface area contributed by atoms with Gasteiger partial charge in [0.2, 0.25) is 0 Å². The molecule has 2 rings (SSSR count). The third kappa shape index (κ3) is 3.91. The topological polar surface area (TPSA) is 37.8 Å². The Labute approximate surface area is 106 Å². The number of nitrogens with zero attached hydrogens (tertiary/aromatic N) is 2. The molecule has 0 aromatic carbocycles. The zero-order chi connectivity index (χ0) is 11.9. The fourth-order valence-electron chi connectivity index (χ4n) is 1.59.